The molecule has 0 saturated carbocycles. The Kier molecular flexibility index (Phi) is 2.06. The van der Waals surface area contributed by atoms with E-state index in [2.05, 4.69) is 5.32 Å². The Morgan fingerprint density at radius 1 is 1.46 bits per heavy atom. The predicted molar refractivity (Wildman–Crippen MR) is 51.2 cm³/mol. The van der Waals surface area contributed by atoms with Gasteiger partial charge in [0.2, 0.25) is 5.12 Å². The van der Waals surface area contributed by atoms with Gasteiger partial charge in [0, 0.05) is 16.1 Å². The highest BCUT2D eigenvalue weighted by Crippen LogP contribution is 2.31. The van der Waals surface area contributed by atoms with Gasteiger partial charge in [-0.1, -0.05) is 0 Å². The van der Waals surface area contributed by atoms with Crippen molar-refractivity contribution in [2.45, 2.75) is 4.90 Å². The van der Waals surface area contributed by atoms with Crippen LogP contribution < -0.4 is 5.32 Å². The van der Waals surface area contributed by atoms with Crippen molar-refractivity contribution in [1.82, 2.24) is 0 Å². The minimum Gasteiger partial charge on any atom is -0.376 e. The number of nitrogens with one attached hydrogen (secondary N) is 1. The zero-order valence-electron chi connectivity index (χ0n) is 6.74. The molecule has 3 nitrogen and oxygen atoms in total. The van der Waals surface area contributed by atoms with Crippen LogP contribution in [-0.4, -0.2) is 17.9 Å². The average Bonchev–Trinajstić information content (AvgIpc) is 2.16. The lowest BCUT2D eigenvalue weighted by atomic mass is 10.2. The fourth-order valence-electron chi connectivity index (χ4n) is 1.17. The zero-order valence-corrected chi connectivity index (χ0v) is 7.56. The Balaban J connectivity index is 2.43. The summed E-state index contributed by atoms with van der Waals surface area (Å²) in [5.74, 6) is 0. The molecule has 0 radical (unpaired) electrons. The third-order valence-corrected chi connectivity index (χ3v) is 2.72. The summed E-state index contributed by atoms with van der Waals surface area (Å²) in [5.41, 5.74) is 1.53. The molecule has 0 unspecified atom stereocenters. The molecule has 1 heterocycles. The molecular formula is C9H7NO2S. The number of benzene rings is 1. The molecule has 2 rings (SSSR count). The summed E-state index contributed by atoms with van der Waals surface area (Å²) in [6.45, 7) is 0.359. The second-order valence-corrected chi connectivity index (χ2v) is 3.80. The van der Waals surface area contributed by atoms with Crippen LogP contribution in [0.2, 0.25) is 0 Å². The highest BCUT2D eigenvalue weighted by Gasteiger charge is 2.15. The van der Waals surface area contributed by atoms with E-state index in [0.717, 1.165) is 16.9 Å². The summed E-state index contributed by atoms with van der Waals surface area (Å²) >= 11 is 1.18. The van der Waals surface area contributed by atoms with Gasteiger partial charge in [0.05, 0.1) is 6.54 Å². The van der Waals surface area contributed by atoms with Gasteiger partial charge in [0.15, 0.2) is 0 Å². The Bertz CT molecular complexity index is 376. The van der Waals surface area contributed by atoms with Gasteiger partial charge in [-0.3, -0.25) is 9.59 Å². The van der Waals surface area contributed by atoms with Crippen molar-refractivity contribution in [3.63, 3.8) is 0 Å². The number of hydrogen-bond acceptors (Lipinski definition) is 4. The minimum atomic E-state index is 0.0792. The maximum absolute atomic E-state index is 11.0. The van der Waals surface area contributed by atoms with Crippen LogP contribution in [0.4, 0.5) is 5.69 Å². The number of hydrogen-bond donors (Lipinski definition) is 1. The molecule has 13 heavy (non-hydrogen) atoms. The number of thioether (sulfide) groups is 1. The average molecular weight is 193 g/mol. The van der Waals surface area contributed by atoms with Gasteiger partial charge >= 0.3 is 0 Å². The first-order chi connectivity index (χ1) is 6.29. The molecule has 0 aliphatic carbocycles. The van der Waals surface area contributed by atoms with Gasteiger partial charge in [-0.25, -0.2) is 0 Å². The predicted octanol–water partition coefficient (Wildman–Crippen LogP) is 1.54. The molecule has 0 aromatic heterocycles. The summed E-state index contributed by atoms with van der Waals surface area (Å²) in [6.07, 6.45) is 0.778. The molecule has 1 aromatic rings. The summed E-state index contributed by atoms with van der Waals surface area (Å²) < 4.78 is 0. The maximum Gasteiger partial charge on any atom is 0.212 e. The van der Waals surface area contributed by atoms with E-state index < -0.39 is 0 Å². The van der Waals surface area contributed by atoms with E-state index in [1.54, 1.807) is 12.1 Å². The number of carbonyl (C=O) groups excluding carboxylic acids is 2. The third-order valence-electron chi connectivity index (χ3n) is 1.79. The molecule has 0 fully saturated rings. The van der Waals surface area contributed by atoms with E-state index in [1.807, 2.05) is 6.07 Å². The van der Waals surface area contributed by atoms with Gasteiger partial charge in [0.1, 0.15) is 6.29 Å². The van der Waals surface area contributed by atoms with Crippen molar-refractivity contribution >= 4 is 28.9 Å². The second-order valence-electron chi connectivity index (χ2n) is 2.70. The fraction of sp³-hybridized carbons (Fsp3) is 0.111. The third kappa shape index (κ3) is 1.58. The van der Waals surface area contributed by atoms with Crippen LogP contribution in [0.25, 0.3) is 0 Å². The Labute approximate surface area is 79.5 Å². The molecule has 0 atom stereocenters. The van der Waals surface area contributed by atoms with Crippen LogP contribution in [0.5, 0.6) is 0 Å². The summed E-state index contributed by atoms with van der Waals surface area (Å²) in [7, 11) is 0. The lowest BCUT2D eigenvalue weighted by molar-refractivity contribution is -0.109. The fourth-order valence-corrected chi connectivity index (χ4v) is 2.00. The van der Waals surface area contributed by atoms with E-state index in [-0.39, 0.29) is 5.12 Å². The molecule has 1 N–H and O–H groups in total. The van der Waals surface area contributed by atoms with Crippen LogP contribution >= 0.6 is 11.8 Å². The van der Waals surface area contributed by atoms with E-state index in [9.17, 15) is 9.59 Å². The Morgan fingerprint density at radius 2 is 2.31 bits per heavy atom. The highest BCUT2D eigenvalue weighted by atomic mass is 32.2. The largest absolute Gasteiger partial charge is 0.376 e. The smallest absolute Gasteiger partial charge is 0.212 e. The first-order valence-corrected chi connectivity index (χ1v) is 4.65. The van der Waals surface area contributed by atoms with Crippen molar-refractivity contribution in [3.8, 4) is 0 Å². The lowest BCUT2D eigenvalue weighted by Gasteiger charge is -2.15. The van der Waals surface area contributed by atoms with E-state index >= 15 is 0 Å². The van der Waals surface area contributed by atoms with Gasteiger partial charge in [-0.15, -0.1) is 0 Å². The zero-order chi connectivity index (χ0) is 9.26. The highest BCUT2D eigenvalue weighted by molar-refractivity contribution is 8.14. The second kappa shape index (κ2) is 3.22. The first-order valence-electron chi connectivity index (χ1n) is 3.83. The standard InChI is InChI=1S/C9H7NO2S/c11-5-6-1-2-7-8(3-6)13-9(12)4-10-7/h1-3,5,10H,4H2. The van der Waals surface area contributed by atoms with Crippen LogP contribution in [0.3, 0.4) is 0 Å². The molecule has 1 aliphatic rings. The van der Waals surface area contributed by atoms with Gasteiger partial charge < -0.3 is 5.32 Å². The summed E-state index contributed by atoms with van der Waals surface area (Å²) in [5, 5.41) is 3.06. The van der Waals surface area contributed by atoms with Crippen molar-refractivity contribution < 1.29 is 9.59 Å². The number of carbonyl (C=O) groups is 2. The molecular weight excluding hydrogens is 186 g/mol. The summed E-state index contributed by atoms with van der Waals surface area (Å²) in [4.78, 5) is 22.3. The number of rotatable bonds is 1. The van der Waals surface area contributed by atoms with Crippen molar-refractivity contribution in [2.75, 3.05) is 11.9 Å². The first kappa shape index (κ1) is 8.31. The topological polar surface area (TPSA) is 46.2 Å². The SMILES string of the molecule is O=Cc1ccc2c(c1)SC(=O)CN2. The molecule has 4 heteroatoms. The van der Waals surface area contributed by atoms with E-state index in [0.29, 0.717) is 12.1 Å². The van der Waals surface area contributed by atoms with Crippen molar-refractivity contribution in [3.05, 3.63) is 23.8 Å². The van der Waals surface area contributed by atoms with Crippen LogP contribution in [0, 0.1) is 0 Å². The minimum absolute atomic E-state index is 0.0792. The Morgan fingerprint density at radius 3 is 3.08 bits per heavy atom. The maximum atomic E-state index is 11.0. The van der Waals surface area contributed by atoms with Gasteiger partial charge in [-0.2, -0.15) is 0 Å². The van der Waals surface area contributed by atoms with Crippen LogP contribution in [-0.2, 0) is 4.79 Å². The molecule has 1 aromatic carbocycles. The number of anilines is 1. The molecule has 66 valence electrons. The lowest BCUT2D eigenvalue weighted by Crippen LogP contribution is -2.15. The van der Waals surface area contributed by atoms with Crippen molar-refractivity contribution in [1.29, 1.82) is 0 Å². The quantitative estimate of drug-likeness (QED) is 0.687. The molecule has 0 saturated heterocycles. The molecule has 1 aliphatic heterocycles. The van der Waals surface area contributed by atoms with E-state index in [1.165, 1.54) is 11.8 Å². The molecule has 0 amide bonds. The van der Waals surface area contributed by atoms with Gasteiger partial charge in [-0.05, 0) is 30.0 Å². The van der Waals surface area contributed by atoms with E-state index in [4.69, 9.17) is 0 Å². The summed E-state index contributed by atoms with van der Waals surface area (Å²) in [6, 6.07) is 5.27. The normalized spacial score (nSPS) is 14.6. The van der Waals surface area contributed by atoms with Crippen molar-refractivity contribution in [2.24, 2.45) is 0 Å². The molecule has 0 bridgehead atoms. The monoisotopic (exact) mass is 193 g/mol. The van der Waals surface area contributed by atoms with Crippen LogP contribution in [0.15, 0.2) is 23.1 Å². The molecule has 0 spiro atoms. The Hall–Kier alpha value is -1.29. The number of fused-ring (bicyclic) bond motifs is 1. The number of aldehydes is 1. The van der Waals surface area contributed by atoms with Crippen LogP contribution in [0.1, 0.15) is 10.4 Å². The van der Waals surface area contributed by atoms with Gasteiger partial charge in [0.25, 0.3) is 0 Å².